The van der Waals surface area contributed by atoms with E-state index in [0.717, 1.165) is 16.6 Å². The third-order valence-corrected chi connectivity index (χ3v) is 12.3. The van der Waals surface area contributed by atoms with Crippen LogP contribution in [0.15, 0.2) is 12.1 Å². The third kappa shape index (κ3) is 2.67. The van der Waals surface area contributed by atoms with Crippen LogP contribution < -0.4 is 5.19 Å². The molecule has 108 valence electrons. The zero-order valence-electron chi connectivity index (χ0n) is 14.4. The van der Waals surface area contributed by atoms with Crippen LogP contribution in [0, 0.1) is 20.8 Å². The standard InChI is InChI=1S/C18H32Si/c1-12(2)19(13(3)4,14(5)6)18-10-15(7)17(9)16(8)11-18/h10-14H,1-9H3. The van der Waals surface area contributed by atoms with Gasteiger partial charge in [0.15, 0.2) is 0 Å². The molecule has 0 saturated heterocycles. The molecule has 1 aromatic rings. The van der Waals surface area contributed by atoms with Gasteiger partial charge in [0, 0.05) is 0 Å². The predicted molar refractivity (Wildman–Crippen MR) is 91.3 cm³/mol. The lowest BCUT2D eigenvalue weighted by Crippen LogP contribution is -2.55. The van der Waals surface area contributed by atoms with Gasteiger partial charge in [-0.15, -0.1) is 0 Å². The summed E-state index contributed by atoms with van der Waals surface area (Å²) in [6, 6.07) is 4.99. The van der Waals surface area contributed by atoms with Gasteiger partial charge in [0.05, 0.1) is 8.07 Å². The molecule has 0 spiro atoms. The van der Waals surface area contributed by atoms with E-state index in [9.17, 15) is 0 Å². The molecule has 0 heterocycles. The van der Waals surface area contributed by atoms with Crippen molar-refractivity contribution in [2.75, 3.05) is 0 Å². The summed E-state index contributed by atoms with van der Waals surface area (Å²) in [5, 5.41) is 1.67. The van der Waals surface area contributed by atoms with Crippen LogP contribution in [0.4, 0.5) is 0 Å². The average molecular weight is 277 g/mol. The van der Waals surface area contributed by atoms with E-state index in [0.29, 0.717) is 0 Å². The fraction of sp³-hybridized carbons (Fsp3) is 0.667. The van der Waals surface area contributed by atoms with Crippen molar-refractivity contribution in [1.82, 2.24) is 0 Å². The molecule has 0 N–H and O–H groups in total. The quantitative estimate of drug-likeness (QED) is 0.637. The highest BCUT2D eigenvalue weighted by Gasteiger charge is 2.44. The Morgan fingerprint density at radius 1 is 0.684 bits per heavy atom. The van der Waals surface area contributed by atoms with Crippen LogP contribution in [0.2, 0.25) is 16.6 Å². The summed E-state index contributed by atoms with van der Waals surface area (Å²) in [6.07, 6.45) is 0. The highest BCUT2D eigenvalue weighted by Crippen LogP contribution is 2.41. The minimum Gasteiger partial charge on any atom is -0.0648 e. The zero-order chi connectivity index (χ0) is 15.0. The van der Waals surface area contributed by atoms with Gasteiger partial charge < -0.3 is 0 Å². The first-order valence-electron chi connectivity index (χ1n) is 7.73. The Labute approximate surface area is 121 Å². The van der Waals surface area contributed by atoms with Crippen molar-refractivity contribution in [3.63, 3.8) is 0 Å². The van der Waals surface area contributed by atoms with Crippen molar-refractivity contribution in [2.24, 2.45) is 0 Å². The molecule has 0 aromatic heterocycles. The Hall–Kier alpha value is -0.563. The number of hydrogen-bond acceptors (Lipinski definition) is 0. The second-order valence-electron chi connectivity index (χ2n) is 7.13. The first kappa shape index (κ1) is 16.5. The Morgan fingerprint density at radius 2 is 1.00 bits per heavy atom. The van der Waals surface area contributed by atoms with Gasteiger partial charge in [0.1, 0.15) is 0 Å². The summed E-state index contributed by atoms with van der Waals surface area (Å²) >= 11 is 0. The van der Waals surface area contributed by atoms with E-state index in [4.69, 9.17) is 0 Å². The van der Waals surface area contributed by atoms with Crippen molar-refractivity contribution >= 4 is 13.3 Å². The lowest BCUT2D eigenvalue weighted by atomic mass is 10.1. The summed E-state index contributed by atoms with van der Waals surface area (Å²) in [5.74, 6) is 0. The molecule has 1 heteroatoms. The van der Waals surface area contributed by atoms with Crippen LogP contribution in [0.1, 0.15) is 58.2 Å². The molecular formula is C18H32Si. The SMILES string of the molecule is Cc1cc([Si](C(C)C)(C(C)C)C(C)C)cc(C)c1C. The maximum absolute atomic E-state index is 2.49. The van der Waals surface area contributed by atoms with Gasteiger partial charge in [-0.25, -0.2) is 0 Å². The summed E-state index contributed by atoms with van der Waals surface area (Å²) in [4.78, 5) is 0. The number of benzene rings is 1. The molecule has 0 amide bonds. The second kappa shape index (κ2) is 5.83. The van der Waals surface area contributed by atoms with E-state index in [-0.39, 0.29) is 0 Å². The first-order chi connectivity index (χ1) is 8.65. The van der Waals surface area contributed by atoms with Gasteiger partial charge in [0.2, 0.25) is 0 Å². The van der Waals surface area contributed by atoms with Crippen molar-refractivity contribution in [1.29, 1.82) is 0 Å². The molecule has 0 bridgehead atoms. The molecule has 1 rings (SSSR count). The molecule has 0 aliphatic heterocycles. The molecule has 0 unspecified atom stereocenters. The van der Waals surface area contributed by atoms with E-state index in [1.165, 1.54) is 16.7 Å². The second-order valence-corrected chi connectivity index (χ2v) is 13.0. The van der Waals surface area contributed by atoms with Crippen LogP contribution in [-0.2, 0) is 0 Å². The van der Waals surface area contributed by atoms with Crippen LogP contribution in [0.3, 0.4) is 0 Å². The van der Waals surface area contributed by atoms with Crippen molar-refractivity contribution < 1.29 is 0 Å². The van der Waals surface area contributed by atoms with Gasteiger partial charge in [-0.2, -0.15) is 0 Å². The molecule has 0 radical (unpaired) electrons. The van der Waals surface area contributed by atoms with Gasteiger partial charge >= 0.3 is 0 Å². The van der Waals surface area contributed by atoms with Crippen molar-refractivity contribution in [3.05, 3.63) is 28.8 Å². The van der Waals surface area contributed by atoms with Crippen LogP contribution >= 0.6 is 0 Å². The molecule has 19 heavy (non-hydrogen) atoms. The number of aryl methyl sites for hydroxylation is 2. The highest BCUT2D eigenvalue weighted by molar-refractivity contribution is 6.95. The Bertz CT molecular complexity index is 396. The van der Waals surface area contributed by atoms with E-state index < -0.39 is 8.07 Å². The molecule has 0 aliphatic carbocycles. The number of rotatable bonds is 4. The van der Waals surface area contributed by atoms with Crippen LogP contribution in [-0.4, -0.2) is 8.07 Å². The predicted octanol–water partition coefficient (Wildman–Crippen LogP) is 5.50. The van der Waals surface area contributed by atoms with Gasteiger partial charge in [-0.1, -0.05) is 58.9 Å². The van der Waals surface area contributed by atoms with Crippen LogP contribution in [0.25, 0.3) is 0 Å². The molecule has 0 saturated carbocycles. The minimum absolute atomic E-state index is 0.786. The number of hydrogen-bond donors (Lipinski definition) is 0. The van der Waals surface area contributed by atoms with Gasteiger partial charge in [0.25, 0.3) is 0 Å². The normalized spacial score (nSPS) is 12.8. The minimum atomic E-state index is -1.49. The summed E-state index contributed by atoms with van der Waals surface area (Å²) in [7, 11) is -1.49. The third-order valence-electron chi connectivity index (χ3n) is 5.29. The van der Waals surface area contributed by atoms with E-state index >= 15 is 0 Å². The largest absolute Gasteiger partial charge is 0.0942 e. The van der Waals surface area contributed by atoms with E-state index in [1.54, 1.807) is 5.19 Å². The maximum atomic E-state index is 2.49. The monoisotopic (exact) mass is 276 g/mol. The van der Waals surface area contributed by atoms with Gasteiger partial charge in [-0.05, 0) is 54.1 Å². The van der Waals surface area contributed by atoms with Gasteiger partial charge in [-0.3, -0.25) is 0 Å². The van der Waals surface area contributed by atoms with Crippen molar-refractivity contribution in [3.8, 4) is 0 Å². The highest BCUT2D eigenvalue weighted by atomic mass is 28.3. The topological polar surface area (TPSA) is 0 Å². The maximum Gasteiger partial charge on any atom is 0.0942 e. The van der Waals surface area contributed by atoms with E-state index in [2.05, 4.69) is 74.4 Å². The van der Waals surface area contributed by atoms with E-state index in [1.807, 2.05) is 0 Å². The smallest absolute Gasteiger partial charge is 0.0648 e. The lowest BCUT2D eigenvalue weighted by molar-refractivity contribution is 0.834. The molecule has 1 aromatic carbocycles. The Balaban J connectivity index is 3.58. The molecule has 0 aliphatic rings. The molecule has 0 atom stereocenters. The first-order valence-corrected chi connectivity index (χ1v) is 9.97. The van der Waals surface area contributed by atoms with Crippen LogP contribution in [0.5, 0.6) is 0 Å². The molecule has 0 nitrogen and oxygen atoms in total. The fourth-order valence-electron chi connectivity index (χ4n) is 4.29. The summed E-state index contributed by atoms with van der Waals surface area (Å²) < 4.78 is 0. The average Bonchev–Trinajstić information content (AvgIpc) is 2.24. The Morgan fingerprint density at radius 3 is 1.26 bits per heavy atom. The summed E-state index contributed by atoms with van der Waals surface area (Å²) in [6.45, 7) is 21.4. The molecular weight excluding hydrogens is 244 g/mol. The zero-order valence-corrected chi connectivity index (χ0v) is 15.4. The fourth-order valence-corrected chi connectivity index (χ4v) is 11.2. The molecule has 0 fully saturated rings. The Kier molecular flexibility index (Phi) is 5.06. The summed E-state index contributed by atoms with van der Waals surface area (Å²) in [5.41, 5.74) is 6.75. The van der Waals surface area contributed by atoms with Crippen molar-refractivity contribution in [2.45, 2.75) is 78.9 Å². The lowest BCUT2D eigenvalue weighted by Gasteiger charge is -2.44.